The molecule has 0 unspecified atom stereocenters. The van der Waals surface area contributed by atoms with E-state index in [1.165, 1.54) is 11.0 Å². The Bertz CT molecular complexity index is 1140. The van der Waals surface area contributed by atoms with E-state index in [1.807, 2.05) is 80.6 Å². The number of benzene rings is 2. The van der Waals surface area contributed by atoms with Crippen LogP contribution in [0.2, 0.25) is 0 Å². The Morgan fingerprint density at radius 3 is 2.07 bits per heavy atom. The first-order valence-electron chi connectivity index (χ1n) is 9.44. The van der Waals surface area contributed by atoms with E-state index in [9.17, 15) is 10.1 Å². The van der Waals surface area contributed by atoms with Gasteiger partial charge in [-0.15, -0.1) is 0 Å². The molecule has 2 aromatic carbocycles. The highest BCUT2D eigenvalue weighted by Crippen LogP contribution is 2.33. The zero-order chi connectivity index (χ0) is 21.1. The van der Waals surface area contributed by atoms with Gasteiger partial charge in [0.25, 0.3) is 0 Å². The van der Waals surface area contributed by atoms with Gasteiger partial charge in [-0.25, -0.2) is 14.6 Å². The first-order valence-corrected chi connectivity index (χ1v) is 9.44. The molecule has 0 amide bonds. The van der Waals surface area contributed by atoms with Crippen molar-refractivity contribution in [1.29, 1.82) is 0 Å². The first kappa shape index (κ1) is 19.3. The van der Waals surface area contributed by atoms with Crippen molar-refractivity contribution in [3.8, 4) is 5.82 Å². The molecule has 0 aliphatic carbocycles. The average Bonchev–Trinajstić information content (AvgIpc) is 3.10. The van der Waals surface area contributed by atoms with Gasteiger partial charge in [-0.1, -0.05) is 60.7 Å². The molecule has 2 aromatic heterocycles. The third kappa shape index (κ3) is 3.75. The molecule has 30 heavy (non-hydrogen) atoms. The number of rotatable bonds is 6. The SMILES string of the molecule is Cc1cc(C)n(-c2ncnc(NC(c3ccccc3)c3ccccc3)c2[N+](=O)[O-])n1. The summed E-state index contributed by atoms with van der Waals surface area (Å²) >= 11 is 0. The highest BCUT2D eigenvalue weighted by Gasteiger charge is 2.28. The Morgan fingerprint density at radius 1 is 0.967 bits per heavy atom. The fourth-order valence-corrected chi connectivity index (χ4v) is 3.43. The molecule has 0 fully saturated rings. The molecule has 8 heteroatoms. The lowest BCUT2D eigenvalue weighted by Crippen LogP contribution is -2.16. The molecule has 0 aliphatic heterocycles. The van der Waals surface area contributed by atoms with Crippen molar-refractivity contribution in [2.45, 2.75) is 19.9 Å². The molecule has 0 aliphatic rings. The second-order valence-electron chi connectivity index (χ2n) is 6.89. The molecule has 0 saturated carbocycles. The Morgan fingerprint density at radius 2 is 1.57 bits per heavy atom. The zero-order valence-corrected chi connectivity index (χ0v) is 16.6. The van der Waals surface area contributed by atoms with Crippen molar-refractivity contribution >= 4 is 11.5 Å². The van der Waals surface area contributed by atoms with Crippen molar-refractivity contribution in [2.75, 3.05) is 5.32 Å². The van der Waals surface area contributed by atoms with Gasteiger partial charge >= 0.3 is 5.69 Å². The van der Waals surface area contributed by atoms with Crippen molar-refractivity contribution < 1.29 is 4.92 Å². The van der Waals surface area contributed by atoms with E-state index in [0.717, 1.165) is 22.5 Å². The lowest BCUT2D eigenvalue weighted by Gasteiger charge is -2.20. The van der Waals surface area contributed by atoms with Crippen LogP contribution in [0.15, 0.2) is 73.1 Å². The number of nitrogens with one attached hydrogen (secondary N) is 1. The van der Waals surface area contributed by atoms with Crippen LogP contribution >= 0.6 is 0 Å². The number of aromatic nitrogens is 4. The van der Waals surface area contributed by atoms with E-state index < -0.39 is 4.92 Å². The lowest BCUT2D eigenvalue weighted by molar-refractivity contribution is -0.384. The van der Waals surface area contributed by atoms with Crippen molar-refractivity contribution in [1.82, 2.24) is 19.7 Å². The topological polar surface area (TPSA) is 98.8 Å². The minimum Gasteiger partial charge on any atom is -0.353 e. The van der Waals surface area contributed by atoms with Gasteiger partial charge in [-0.05, 0) is 31.0 Å². The Hall–Kier alpha value is -4.07. The fourth-order valence-electron chi connectivity index (χ4n) is 3.43. The van der Waals surface area contributed by atoms with Crippen LogP contribution in [0.3, 0.4) is 0 Å². The van der Waals surface area contributed by atoms with Gasteiger partial charge in [-0.3, -0.25) is 10.1 Å². The number of nitrogens with zero attached hydrogens (tertiary/aromatic N) is 5. The van der Waals surface area contributed by atoms with Gasteiger partial charge < -0.3 is 5.32 Å². The van der Waals surface area contributed by atoms with Crippen LogP contribution in [-0.2, 0) is 0 Å². The van der Waals surface area contributed by atoms with Gasteiger partial charge in [0, 0.05) is 5.69 Å². The molecule has 1 N–H and O–H groups in total. The monoisotopic (exact) mass is 400 g/mol. The molecule has 150 valence electrons. The molecule has 0 spiro atoms. The summed E-state index contributed by atoms with van der Waals surface area (Å²) in [6.07, 6.45) is 1.31. The summed E-state index contributed by atoms with van der Waals surface area (Å²) in [5.74, 6) is 0.262. The van der Waals surface area contributed by atoms with Gasteiger partial charge in [0.2, 0.25) is 11.6 Å². The number of anilines is 1. The van der Waals surface area contributed by atoms with Gasteiger partial charge in [0.1, 0.15) is 6.33 Å². The van der Waals surface area contributed by atoms with Crippen molar-refractivity contribution in [2.24, 2.45) is 0 Å². The molecule has 0 bridgehead atoms. The molecular formula is C22H20N6O2. The molecular weight excluding hydrogens is 380 g/mol. The second-order valence-corrected chi connectivity index (χ2v) is 6.89. The standard InChI is InChI=1S/C22H20N6O2/c1-15-13-16(2)27(26-15)22-20(28(29)30)21(23-14-24-22)25-19(17-9-5-3-6-10-17)18-11-7-4-8-12-18/h3-14,19H,1-2H3,(H,23,24,25). The summed E-state index contributed by atoms with van der Waals surface area (Å²) in [6, 6.07) is 21.0. The maximum atomic E-state index is 12.0. The Labute approximate surface area is 173 Å². The molecule has 0 saturated heterocycles. The number of hydrogen-bond donors (Lipinski definition) is 1. The maximum absolute atomic E-state index is 12.0. The van der Waals surface area contributed by atoms with Crippen LogP contribution in [0, 0.1) is 24.0 Å². The predicted octanol–water partition coefficient (Wildman–Crippen LogP) is 4.39. The Kier molecular flexibility index (Phi) is 5.21. The quantitative estimate of drug-likeness (QED) is 0.381. The smallest absolute Gasteiger partial charge is 0.353 e. The van der Waals surface area contributed by atoms with Gasteiger partial charge in [0.05, 0.1) is 16.7 Å². The molecule has 2 heterocycles. The molecule has 4 aromatic rings. The van der Waals surface area contributed by atoms with Crippen LogP contribution in [0.1, 0.15) is 28.6 Å². The molecule has 0 atom stereocenters. The van der Waals surface area contributed by atoms with Crippen LogP contribution in [0.25, 0.3) is 5.82 Å². The summed E-state index contributed by atoms with van der Waals surface area (Å²) in [7, 11) is 0. The highest BCUT2D eigenvalue weighted by atomic mass is 16.6. The van der Waals surface area contributed by atoms with E-state index in [4.69, 9.17) is 0 Å². The molecule has 8 nitrogen and oxygen atoms in total. The van der Waals surface area contributed by atoms with Gasteiger partial charge in [-0.2, -0.15) is 5.10 Å². The minimum atomic E-state index is -0.471. The van der Waals surface area contributed by atoms with Crippen LogP contribution in [0.4, 0.5) is 11.5 Å². The summed E-state index contributed by atoms with van der Waals surface area (Å²) in [5.41, 5.74) is 3.21. The third-order valence-corrected chi connectivity index (χ3v) is 4.74. The van der Waals surface area contributed by atoms with E-state index in [0.29, 0.717) is 0 Å². The molecule has 4 rings (SSSR count). The van der Waals surface area contributed by atoms with E-state index in [2.05, 4.69) is 20.4 Å². The highest BCUT2D eigenvalue weighted by molar-refractivity contribution is 5.65. The van der Waals surface area contributed by atoms with E-state index >= 15 is 0 Å². The second kappa shape index (κ2) is 8.12. The average molecular weight is 400 g/mol. The predicted molar refractivity (Wildman–Crippen MR) is 114 cm³/mol. The van der Waals surface area contributed by atoms with E-state index in [1.54, 1.807) is 0 Å². The normalized spacial score (nSPS) is 10.9. The molecule has 0 radical (unpaired) electrons. The largest absolute Gasteiger partial charge is 0.355 e. The maximum Gasteiger partial charge on any atom is 0.355 e. The number of nitro groups is 1. The summed E-state index contributed by atoms with van der Waals surface area (Å²) in [5, 5.41) is 19.7. The third-order valence-electron chi connectivity index (χ3n) is 4.74. The number of hydrogen-bond acceptors (Lipinski definition) is 6. The fraction of sp³-hybridized carbons (Fsp3) is 0.136. The van der Waals surface area contributed by atoms with Gasteiger partial charge in [0.15, 0.2) is 0 Å². The first-order chi connectivity index (χ1) is 14.5. The van der Waals surface area contributed by atoms with E-state index in [-0.39, 0.29) is 23.4 Å². The minimum absolute atomic E-state index is 0.128. The summed E-state index contributed by atoms with van der Waals surface area (Å²) in [4.78, 5) is 19.9. The van der Waals surface area contributed by atoms with Crippen LogP contribution < -0.4 is 5.32 Å². The van der Waals surface area contributed by atoms with Crippen LogP contribution in [0.5, 0.6) is 0 Å². The van der Waals surface area contributed by atoms with Crippen molar-refractivity contribution in [3.63, 3.8) is 0 Å². The number of aryl methyl sites for hydroxylation is 2. The zero-order valence-electron chi connectivity index (χ0n) is 16.6. The Balaban J connectivity index is 1.84. The van der Waals surface area contributed by atoms with Crippen LogP contribution in [-0.4, -0.2) is 24.7 Å². The summed E-state index contributed by atoms with van der Waals surface area (Å²) < 4.78 is 1.47. The lowest BCUT2D eigenvalue weighted by atomic mass is 9.99. The van der Waals surface area contributed by atoms with Crippen molar-refractivity contribution in [3.05, 3.63) is 106 Å². The summed E-state index contributed by atoms with van der Waals surface area (Å²) in [6.45, 7) is 3.66.